The Morgan fingerprint density at radius 2 is 2.09 bits per heavy atom. The van der Waals surface area contributed by atoms with Gasteiger partial charge < -0.3 is 9.84 Å². The zero-order valence-electron chi connectivity index (χ0n) is 12.1. The summed E-state index contributed by atoms with van der Waals surface area (Å²) >= 11 is 7.48. The Hall–Kier alpha value is -2.11. The maximum atomic E-state index is 13.4. The third-order valence-corrected chi connectivity index (χ3v) is 4.97. The number of aliphatic carboxylic acids is 1. The number of thiophene rings is 1. The molecule has 23 heavy (non-hydrogen) atoms. The molecule has 0 spiro atoms. The molecule has 118 valence electrons. The molecule has 3 nitrogen and oxygen atoms in total. The lowest BCUT2D eigenvalue weighted by molar-refractivity contribution is -0.136. The smallest absolute Gasteiger partial charge is 0.307 e. The van der Waals surface area contributed by atoms with Crippen LogP contribution in [0.2, 0.25) is 5.02 Å². The molecule has 0 aliphatic carbocycles. The SMILES string of the molecule is COc1cc(F)ccc1-c1sc2ccc(Cl)cc2c1CC(=O)O. The van der Waals surface area contributed by atoms with Crippen LogP contribution < -0.4 is 4.74 Å². The fraction of sp³-hybridized carbons (Fsp3) is 0.118. The molecule has 0 fully saturated rings. The summed E-state index contributed by atoms with van der Waals surface area (Å²) in [4.78, 5) is 12.0. The van der Waals surface area contributed by atoms with Gasteiger partial charge in [-0.15, -0.1) is 11.3 Å². The van der Waals surface area contributed by atoms with E-state index in [1.165, 1.54) is 30.6 Å². The molecule has 6 heteroatoms. The summed E-state index contributed by atoms with van der Waals surface area (Å²) in [5.74, 6) is -0.976. The van der Waals surface area contributed by atoms with Gasteiger partial charge in [-0.1, -0.05) is 11.6 Å². The standard InChI is InChI=1S/C17H12ClFO3S/c1-22-14-7-10(19)3-4-11(14)17-13(8-16(20)21)12-6-9(18)2-5-15(12)23-17/h2-7H,8H2,1H3,(H,20,21). The van der Waals surface area contributed by atoms with Gasteiger partial charge in [0.1, 0.15) is 11.6 Å². The van der Waals surface area contributed by atoms with Crippen molar-refractivity contribution in [1.29, 1.82) is 0 Å². The molecule has 0 saturated heterocycles. The molecular formula is C17H12ClFO3S. The summed E-state index contributed by atoms with van der Waals surface area (Å²) in [7, 11) is 1.46. The first-order valence-electron chi connectivity index (χ1n) is 6.76. The van der Waals surface area contributed by atoms with Crippen LogP contribution in [0.25, 0.3) is 20.5 Å². The molecule has 3 rings (SSSR count). The third-order valence-electron chi connectivity index (χ3n) is 3.49. The average Bonchev–Trinajstić information content (AvgIpc) is 2.84. The van der Waals surface area contributed by atoms with Crippen molar-refractivity contribution in [3.8, 4) is 16.2 Å². The van der Waals surface area contributed by atoms with Gasteiger partial charge in [0.25, 0.3) is 0 Å². The van der Waals surface area contributed by atoms with Crippen molar-refractivity contribution < 1.29 is 19.0 Å². The van der Waals surface area contributed by atoms with Gasteiger partial charge in [0.05, 0.1) is 13.5 Å². The van der Waals surface area contributed by atoms with Gasteiger partial charge in [0, 0.05) is 26.2 Å². The van der Waals surface area contributed by atoms with Crippen LogP contribution in [0.3, 0.4) is 0 Å². The zero-order chi connectivity index (χ0) is 16.6. The van der Waals surface area contributed by atoms with Crippen molar-refractivity contribution in [2.75, 3.05) is 7.11 Å². The third kappa shape index (κ3) is 3.02. The number of carboxylic acid groups (broad SMARTS) is 1. The van der Waals surface area contributed by atoms with E-state index >= 15 is 0 Å². The first-order valence-corrected chi connectivity index (χ1v) is 7.95. The van der Waals surface area contributed by atoms with E-state index in [0.29, 0.717) is 21.9 Å². The van der Waals surface area contributed by atoms with Crippen LogP contribution in [0.5, 0.6) is 5.75 Å². The van der Waals surface area contributed by atoms with Gasteiger partial charge in [-0.05, 0) is 41.3 Å². The largest absolute Gasteiger partial charge is 0.496 e. The van der Waals surface area contributed by atoms with Crippen LogP contribution in [0.4, 0.5) is 4.39 Å². The Kier molecular flexibility index (Phi) is 4.24. The van der Waals surface area contributed by atoms with Crippen LogP contribution in [-0.4, -0.2) is 18.2 Å². The molecule has 1 aromatic heterocycles. The Bertz CT molecular complexity index is 904. The first-order chi connectivity index (χ1) is 11.0. The van der Waals surface area contributed by atoms with Gasteiger partial charge in [-0.3, -0.25) is 4.79 Å². The second-order valence-electron chi connectivity index (χ2n) is 4.97. The quantitative estimate of drug-likeness (QED) is 0.720. The Labute approximate surface area is 140 Å². The molecule has 0 aliphatic heterocycles. The van der Waals surface area contributed by atoms with Crippen molar-refractivity contribution in [2.45, 2.75) is 6.42 Å². The molecule has 0 atom stereocenters. The highest BCUT2D eigenvalue weighted by Crippen LogP contribution is 2.43. The van der Waals surface area contributed by atoms with Crippen LogP contribution in [0.1, 0.15) is 5.56 Å². The van der Waals surface area contributed by atoms with Gasteiger partial charge in [-0.2, -0.15) is 0 Å². The highest BCUT2D eigenvalue weighted by atomic mass is 35.5. The number of methoxy groups -OCH3 is 1. The van der Waals surface area contributed by atoms with E-state index in [-0.39, 0.29) is 6.42 Å². The predicted octanol–water partition coefficient (Wildman–Crippen LogP) is 5.00. The first kappa shape index (κ1) is 15.8. The molecule has 0 unspecified atom stereocenters. The Balaban J connectivity index is 2.30. The number of benzene rings is 2. The number of hydrogen-bond acceptors (Lipinski definition) is 3. The molecule has 0 saturated carbocycles. The minimum atomic E-state index is -0.938. The molecule has 0 bridgehead atoms. The number of halogens is 2. The van der Waals surface area contributed by atoms with Crippen LogP contribution in [-0.2, 0) is 11.2 Å². The van der Waals surface area contributed by atoms with Crippen molar-refractivity contribution in [1.82, 2.24) is 0 Å². The second kappa shape index (κ2) is 6.18. The maximum absolute atomic E-state index is 13.4. The van der Waals surface area contributed by atoms with Crippen LogP contribution in [0, 0.1) is 5.82 Å². The van der Waals surface area contributed by atoms with E-state index in [9.17, 15) is 14.3 Å². The summed E-state index contributed by atoms with van der Waals surface area (Å²) in [6, 6.07) is 9.60. The molecule has 1 heterocycles. The summed E-state index contributed by atoms with van der Waals surface area (Å²) in [5.41, 5.74) is 1.33. The van der Waals surface area contributed by atoms with Crippen LogP contribution >= 0.6 is 22.9 Å². The molecule has 2 aromatic carbocycles. The molecule has 3 aromatic rings. The Morgan fingerprint density at radius 3 is 2.78 bits per heavy atom. The number of carboxylic acids is 1. The van der Waals surface area contributed by atoms with Gasteiger partial charge >= 0.3 is 5.97 Å². The van der Waals surface area contributed by atoms with E-state index in [4.69, 9.17) is 16.3 Å². The number of carbonyl (C=O) groups is 1. The number of hydrogen-bond donors (Lipinski definition) is 1. The minimum Gasteiger partial charge on any atom is -0.496 e. The van der Waals surface area contributed by atoms with Crippen LogP contribution in [0.15, 0.2) is 36.4 Å². The predicted molar refractivity (Wildman–Crippen MR) is 90.1 cm³/mol. The molecule has 1 N–H and O–H groups in total. The minimum absolute atomic E-state index is 0.143. The lowest BCUT2D eigenvalue weighted by Crippen LogP contribution is -2.01. The maximum Gasteiger partial charge on any atom is 0.307 e. The molecular weight excluding hydrogens is 339 g/mol. The molecule has 0 radical (unpaired) electrons. The van der Waals surface area contributed by atoms with Crippen molar-refractivity contribution >= 4 is 39.0 Å². The lowest BCUT2D eigenvalue weighted by atomic mass is 10.0. The van der Waals surface area contributed by atoms with E-state index in [0.717, 1.165) is 15.0 Å². The Morgan fingerprint density at radius 1 is 1.30 bits per heavy atom. The highest BCUT2D eigenvalue weighted by molar-refractivity contribution is 7.22. The number of ether oxygens (including phenoxy) is 1. The molecule has 0 aliphatic rings. The summed E-state index contributed by atoms with van der Waals surface area (Å²) in [6.45, 7) is 0. The van der Waals surface area contributed by atoms with Gasteiger partial charge in [-0.25, -0.2) is 4.39 Å². The fourth-order valence-corrected chi connectivity index (χ4v) is 3.92. The number of fused-ring (bicyclic) bond motifs is 1. The normalized spacial score (nSPS) is 10.9. The zero-order valence-corrected chi connectivity index (χ0v) is 13.7. The average molecular weight is 351 g/mol. The van der Waals surface area contributed by atoms with Gasteiger partial charge in [0.2, 0.25) is 0 Å². The lowest BCUT2D eigenvalue weighted by Gasteiger charge is -2.09. The summed E-state index contributed by atoms with van der Waals surface area (Å²) < 4.78 is 19.6. The molecule has 0 amide bonds. The van der Waals surface area contributed by atoms with Gasteiger partial charge in [0.15, 0.2) is 0 Å². The van der Waals surface area contributed by atoms with E-state index in [1.54, 1.807) is 18.2 Å². The van der Waals surface area contributed by atoms with E-state index in [2.05, 4.69) is 0 Å². The topological polar surface area (TPSA) is 46.5 Å². The second-order valence-corrected chi connectivity index (χ2v) is 6.45. The number of rotatable bonds is 4. The van der Waals surface area contributed by atoms with E-state index < -0.39 is 11.8 Å². The van der Waals surface area contributed by atoms with Crippen molar-refractivity contribution in [3.63, 3.8) is 0 Å². The highest BCUT2D eigenvalue weighted by Gasteiger charge is 2.19. The monoisotopic (exact) mass is 350 g/mol. The van der Waals surface area contributed by atoms with E-state index in [1.807, 2.05) is 6.07 Å². The van der Waals surface area contributed by atoms with Crippen molar-refractivity contribution in [3.05, 3.63) is 52.8 Å². The summed E-state index contributed by atoms with van der Waals surface area (Å²) in [6.07, 6.45) is -0.143. The fourth-order valence-electron chi connectivity index (χ4n) is 2.52. The van der Waals surface area contributed by atoms with Crippen molar-refractivity contribution in [2.24, 2.45) is 0 Å². The summed E-state index contributed by atoms with van der Waals surface area (Å²) in [5, 5.41) is 10.6.